The van der Waals surface area contributed by atoms with Crippen LogP contribution < -0.4 is 31.3 Å². The standard InChI is InChI=1S/C56H69N7O14/c1-5-6-7-24-77-41-22-18-37(19-23-41)35-12-10-34(11-13-35)36-14-16-38(17-15-36)50(70)58-42-27-57-54(74)48-49(69)30(2)28-63(48)56(76)46(32(4)65)60-53(73)47(44(68)25-33-8-20-39(66)21-9-33)61-52(72)43-26-40(67)29-62(43)55(75)45(31(3)64)59-51(42)71/h8-23,30-32,40,42-49,64-69H,5-7,24-29H2,1-4H3,(H,57,74)(H,58,70)(H,59,71)(H,60,73)(H,61,72)/t30-,31?,32?,40+,42+,43-,44+,45-,46-,47?,48-,49-/m0/s1. The van der Waals surface area contributed by atoms with Gasteiger partial charge >= 0.3 is 0 Å². The zero-order chi connectivity index (χ0) is 55.7. The summed E-state index contributed by atoms with van der Waals surface area (Å²) in [5, 5.41) is 77.9. The lowest BCUT2D eigenvalue weighted by Gasteiger charge is -2.33. The number of amides is 7. The van der Waals surface area contributed by atoms with E-state index in [1.54, 1.807) is 19.1 Å². The second kappa shape index (κ2) is 25.6. The molecule has 4 aromatic rings. The lowest BCUT2D eigenvalue weighted by Crippen LogP contribution is -2.63. The number of benzene rings is 4. The number of phenolic OH excluding ortho intramolecular Hbond substituents is 1. The molecule has 77 heavy (non-hydrogen) atoms. The molecule has 21 heteroatoms. The summed E-state index contributed by atoms with van der Waals surface area (Å²) in [5.41, 5.74) is 4.08. The molecule has 0 radical (unpaired) electrons. The van der Waals surface area contributed by atoms with Gasteiger partial charge in [0, 0.05) is 44.0 Å². The maximum atomic E-state index is 14.4. The summed E-state index contributed by atoms with van der Waals surface area (Å²) in [6.45, 7) is 5.29. The van der Waals surface area contributed by atoms with Gasteiger partial charge in [0.15, 0.2) is 0 Å². The van der Waals surface area contributed by atoms with Gasteiger partial charge in [-0.25, -0.2) is 0 Å². The van der Waals surface area contributed by atoms with E-state index in [4.69, 9.17) is 4.74 Å². The number of carbonyl (C=O) groups excluding carboxylic acids is 7. The van der Waals surface area contributed by atoms with Crippen LogP contribution >= 0.6 is 0 Å². The normalized spacial score (nSPS) is 25.9. The van der Waals surface area contributed by atoms with E-state index in [0.717, 1.165) is 57.1 Å². The van der Waals surface area contributed by atoms with E-state index in [1.807, 2.05) is 48.5 Å². The third kappa shape index (κ3) is 14.0. The first-order chi connectivity index (χ1) is 36.7. The van der Waals surface area contributed by atoms with E-state index in [2.05, 4.69) is 33.5 Å². The van der Waals surface area contributed by atoms with Gasteiger partial charge in [-0.3, -0.25) is 33.6 Å². The van der Waals surface area contributed by atoms with Crippen LogP contribution in [0.5, 0.6) is 11.5 Å². The zero-order valence-electron chi connectivity index (χ0n) is 43.4. The highest BCUT2D eigenvalue weighted by molar-refractivity contribution is 6.01. The molecule has 0 aliphatic carbocycles. The number of hydrogen-bond donors (Lipinski definition) is 11. The average Bonchev–Trinajstić information content (AvgIpc) is 3.97. The van der Waals surface area contributed by atoms with Crippen molar-refractivity contribution >= 4 is 41.4 Å². The van der Waals surface area contributed by atoms with Gasteiger partial charge in [-0.05, 0) is 84.5 Å². The Bertz CT molecular complexity index is 2720. The van der Waals surface area contributed by atoms with Crippen LogP contribution in [0.2, 0.25) is 0 Å². The summed E-state index contributed by atoms with van der Waals surface area (Å²) in [4.78, 5) is 102. The van der Waals surface area contributed by atoms with Gasteiger partial charge in [-0.15, -0.1) is 0 Å². The number of ether oxygens (including phenoxy) is 1. The Balaban J connectivity index is 1.15. The highest BCUT2D eigenvalue weighted by Crippen LogP contribution is 2.29. The predicted octanol–water partition coefficient (Wildman–Crippen LogP) is 0.513. The molecule has 0 saturated carbocycles. The highest BCUT2D eigenvalue weighted by atomic mass is 16.5. The van der Waals surface area contributed by atoms with Crippen molar-refractivity contribution in [3.63, 3.8) is 0 Å². The number of nitrogens with one attached hydrogen (secondary N) is 5. The van der Waals surface area contributed by atoms with Crippen LogP contribution in [0.25, 0.3) is 22.3 Å². The minimum atomic E-state index is -1.90. The monoisotopic (exact) mass is 1060 g/mol. The lowest BCUT2D eigenvalue weighted by molar-refractivity contribution is -0.146. The molecule has 21 nitrogen and oxygen atoms in total. The molecule has 3 unspecified atom stereocenters. The third-order valence-electron chi connectivity index (χ3n) is 14.3. The molecule has 12 atom stereocenters. The van der Waals surface area contributed by atoms with Crippen molar-refractivity contribution in [2.24, 2.45) is 5.92 Å². The van der Waals surface area contributed by atoms with Gasteiger partial charge in [0.2, 0.25) is 35.4 Å². The summed E-state index contributed by atoms with van der Waals surface area (Å²) in [7, 11) is 0. The first-order valence-electron chi connectivity index (χ1n) is 26.0. The minimum absolute atomic E-state index is 0.0913. The fourth-order valence-corrected chi connectivity index (χ4v) is 9.78. The maximum Gasteiger partial charge on any atom is 0.251 e. The number of rotatable bonds is 14. The van der Waals surface area contributed by atoms with Gasteiger partial charge < -0.3 is 71.8 Å². The molecule has 11 N–H and O–H groups in total. The molecule has 7 rings (SSSR count). The molecule has 3 aliphatic rings. The molecular formula is C56H69N7O14. The Kier molecular flexibility index (Phi) is 19.0. The SMILES string of the molecule is CCCCCOc1ccc(-c2ccc(-c3ccc(C(=O)N[C@@H]4CNC(=O)[C@@H]5[C@@H](O)[C@@H](C)CN5C(=O)[C@H](C(C)O)NC(=O)C([C@H](O)Cc5ccc(O)cc5)NC(=O)[C@@H]5C[C@@H](O)CN5C(=O)[C@H](C(C)O)NC4=O)cc3)cc2)cc1. The average molecular weight is 1060 g/mol. The van der Waals surface area contributed by atoms with Crippen molar-refractivity contribution in [2.75, 3.05) is 26.2 Å². The van der Waals surface area contributed by atoms with Crippen LogP contribution in [0, 0.1) is 5.92 Å². The molecule has 0 bridgehead atoms. The number of aliphatic hydroxyl groups is 5. The molecule has 3 aliphatic heterocycles. The van der Waals surface area contributed by atoms with Crippen molar-refractivity contribution < 1.29 is 68.9 Å². The van der Waals surface area contributed by atoms with Gasteiger partial charge in [0.1, 0.15) is 47.8 Å². The number of aliphatic hydroxyl groups excluding tert-OH is 5. The Morgan fingerprint density at radius 3 is 1.78 bits per heavy atom. The summed E-state index contributed by atoms with van der Waals surface area (Å²) >= 11 is 0. The number of aromatic hydroxyl groups is 1. The number of carbonyl (C=O) groups is 7. The van der Waals surface area contributed by atoms with Crippen LogP contribution in [-0.4, -0.2) is 175 Å². The molecule has 3 fully saturated rings. The number of fused-ring (bicyclic) bond motifs is 2. The molecule has 0 aromatic heterocycles. The van der Waals surface area contributed by atoms with Crippen LogP contribution in [0.15, 0.2) is 97.1 Å². The molecule has 412 valence electrons. The lowest BCUT2D eigenvalue weighted by atomic mass is 9.99. The van der Waals surface area contributed by atoms with Crippen LogP contribution in [0.4, 0.5) is 0 Å². The van der Waals surface area contributed by atoms with Gasteiger partial charge in [0.05, 0.1) is 37.1 Å². The van der Waals surface area contributed by atoms with Gasteiger partial charge in [-0.1, -0.05) is 87.4 Å². The minimum Gasteiger partial charge on any atom is -0.508 e. The number of phenols is 1. The quantitative estimate of drug-likeness (QED) is 0.0768. The molecule has 3 saturated heterocycles. The Hall–Kier alpha value is -7.43. The van der Waals surface area contributed by atoms with E-state index in [1.165, 1.54) is 50.2 Å². The fourth-order valence-electron chi connectivity index (χ4n) is 9.78. The van der Waals surface area contributed by atoms with Crippen molar-refractivity contribution in [3.05, 3.63) is 108 Å². The second-order valence-electron chi connectivity index (χ2n) is 20.2. The van der Waals surface area contributed by atoms with E-state index >= 15 is 0 Å². The largest absolute Gasteiger partial charge is 0.508 e. The van der Waals surface area contributed by atoms with Crippen LogP contribution in [0.1, 0.15) is 69.3 Å². The Morgan fingerprint density at radius 1 is 0.675 bits per heavy atom. The summed E-state index contributed by atoms with van der Waals surface area (Å²) in [6, 6.07) is 17.2. The van der Waals surface area contributed by atoms with Crippen LogP contribution in [-0.2, 0) is 35.2 Å². The topological polar surface area (TPSA) is 317 Å². The molecule has 4 aromatic carbocycles. The smallest absolute Gasteiger partial charge is 0.251 e. The van der Waals surface area contributed by atoms with E-state index in [9.17, 15) is 64.2 Å². The van der Waals surface area contributed by atoms with Gasteiger partial charge in [0.25, 0.3) is 5.91 Å². The fraction of sp³-hybridized carbons (Fsp3) is 0.446. The van der Waals surface area contributed by atoms with Crippen molar-refractivity contribution in [1.29, 1.82) is 0 Å². The van der Waals surface area contributed by atoms with E-state index < -0.39 is 127 Å². The second-order valence-corrected chi connectivity index (χ2v) is 20.2. The molecule has 0 spiro atoms. The summed E-state index contributed by atoms with van der Waals surface area (Å²) in [5.74, 6) is -7.22. The highest BCUT2D eigenvalue weighted by Gasteiger charge is 2.49. The van der Waals surface area contributed by atoms with Crippen molar-refractivity contribution in [3.8, 4) is 33.8 Å². The molecule has 3 heterocycles. The number of hydrogen-bond acceptors (Lipinski definition) is 14. The first kappa shape index (κ1) is 57.3. The van der Waals surface area contributed by atoms with Crippen molar-refractivity contribution in [2.45, 2.75) is 127 Å². The summed E-state index contributed by atoms with van der Waals surface area (Å²) in [6.07, 6.45) is -5.38. The summed E-state index contributed by atoms with van der Waals surface area (Å²) < 4.78 is 5.85. The molecular weight excluding hydrogens is 995 g/mol. The van der Waals surface area contributed by atoms with Crippen LogP contribution in [0.3, 0.4) is 0 Å². The number of nitrogens with zero attached hydrogens (tertiary/aromatic N) is 2. The Morgan fingerprint density at radius 2 is 1.21 bits per heavy atom. The zero-order valence-corrected chi connectivity index (χ0v) is 43.4. The predicted molar refractivity (Wildman–Crippen MR) is 280 cm³/mol. The Labute approximate surface area is 446 Å². The van der Waals surface area contributed by atoms with Crippen molar-refractivity contribution in [1.82, 2.24) is 36.4 Å². The molecule has 7 amide bonds. The maximum absolute atomic E-state index is 14.4. The third-order valence-corrected chi connectivity index (χ3v) is 14.3. The van der Waals surface area contributed by atoms with E-state index in [-0.39, 0.29) is 30.7 Å². The van der Waals surface area contributed by atoms with Gasteiger partial charge in [-0.2, -0.15) is 0 Å². The first-order valence-corrected chi connectivity index (χ1v) is 26.0. The van der Waals surface area contributed by atoms with E-state index in [0.29, 0.717) is 12.2 Å². The number of unbranched alkanes of at least 4 members (excludes halogenated alkanes) is 2.